The molecule has 0 amide bonds. The van der Waals surface area contributed by atoms with Crippen LogP contribution in [0.2, 0.25) is 0 Å². The predicted octanol–water partition coefficient (Wildman–Crippen LogP) is -0.772. The predicted molar refractivity (Wildman–Crippen MR) is 60.8 cm³/mol. The lowest BCUT2D eigenvalue weighted by molar-refractivity contribution is 0.320. The third-order valence-corrected chi connectivity index (χ3v) is 4.50. The molecule has 7 heteroatoms. The molecule has 0 spiro atoms. The van der Waals surface area contributed by atoms with Gasteiger partial charge in [0.05, 0.1) is 12.0 Å². The van der Waals surface area contributed by atoms with Gasteiger partial charge in [0.15, 0.2) is 0 Å². The van der Waals surface area contributed by atoms with Gasteiger partial charge < -0.3 is 5.32 Å². The molecule has 1 rings (SSSR count). The highest BCUT2D eigenvalue weighted by atomic mass is 32.2. The number of piperazine rings is 1. The van der Waals surface area contributed by atoms with E-state index in [-0.39, 0.29) is 12.5 Å². The molecule has 1 fully saturated rings. The Morgan fingerprint density at radius 2 is 2.06 bits per heavy atom. The smallest absolute Gasteiger partial charge is 0.281 e. The van der Waals surface area contributed by atoms with Crippen LogP contribution in [0.1, 0.15) is 6.92 Å². The maximum atomic E-state index is 12.1. The van der Waals surface area contributed by atoms with Crippen LogP contribution in [0.5, 0.6) is 0 Å². The number of nitrogens with zero attached hydrogens (tertiary/aromatic N) is 3. The third kappa shape index (κ3) is 3.15. The van der Waals surface area contributed by atoms with Gasteiger partial charge in [-0.05, 0) is 6.92 Å². The molecule has 1 atom stereocenters. The molecule has 0 aromatic heterocycles. The highest BCUT2D eigenvalue weighted by molar-refractivity contribution is 7.86. The van der Waals surface area contributed by atoms with Crippen LogP contribution in [0.25, 0.3) is 0 Å². The zero-order valence-electron chi connectivity index (χ0n) is 9.68. The fourth-order valence-electron chi connectivity index (χ4n) is 1.59. The van der Waals surface area contributed by atoms with Crippen molar-refractivity contribution in [2.45, 2.75) is 6.92 Å². The fraction of sp³-hybridized carbons (Fsp3) is 0.889. The van der Waals surface area contributed by atoms with Crippen molar-refractivity contribution < 1.29 is 8.42 Å². The first-order chi connectivity index (χ1) is 7.48. The molecule has 0 aromatic carbocycles. The van der Waals surface area contributed by atoms with E-state index in [2.05, 4.69) is 5.32 Å². The van der Waals surface area contributed by atoms with Gasteiger partial charge in [-0.2, -0.15) is 22.3 Å². The van der Waals surface area contributed by atoms with Crippen LogP contribution in [0.4, 0.5) is 0 Å². The maximum Gasteiger partial charge on any atom is 0.281 e. The van der Waals surface area contributed by atoms with Gasteiger partial charge in [-0.15, -0.1) is 0 Å². The van der Waals surface area contributed by atoms with Crippen molar-refractivity contribution in [3.63, 3.8) is 0 Å². The minimum Gasteiger partial charge on any atom is -0.314 e. The number of nitrogens with one attached hydrogen (secondary N) is 1. The highest BCUT2D eigenvalue weighted by Gasteiger charge is 2.28. The average molecular weight is 246 g/mol. The van der Waals surface area contributed by atoms with Crippen LogP contribution in [-0.4, -0.2) is 56.8 Å². The Morgan fingerprint density at radius 3 is 2.56 bits per heavy atom. The van der Waals surface area contributed by atoms with Gasteiger partial charge in [0.2, 0.25) is 0 Å². The van der Waals surface area contributed by atoms with Gasteiger partial charge in [0, 0.05) is 39.8 Å². The Labute approximate surface area is 97.0 Å². The second-order valence-corrected chi connectivity index (χ2v) is 6.00. The fourth-order valence-corrected chi connectivity index (χ4v) is 3.04. The van der Waals surface area contributed by atoms with Crippen LogP contribution in [0.15, 0.2) is 0 Å². The number of nitriles is 1. The quantitative estimate of drug-likeness (QED) is 0.706. The van der Waals surface area contributed by atoms with Crippen molar-refractivity contribution in [2.75, 3.05) is 39.8 Å². The van der Waals surface area contributed by atoms with Crippen LogP contribution in [-0.2, 0) is 10.2 Å². The summed E-state index contributed by atoms with van der Waals surface area (Å²) < 4.78 is 26.8. The van der Waals surface area contributed by atoms with E-state index in [0.717, 1.165) is 0 Å². The van der Waals surface area contributed by atoms with Crippen LogP contribution in [0.3, 0.4) is 0 Å². The number of hydrogen-bond donors (Lipinski definition) is 1. The molecule has 1 saturated heterocycles. The van der Waals surface area contributed by atoms with Crippen molar-refractivity contribution >= 4 is 10.2 Å². The minimum absolute atomic E-state index is 0.239. The molecule has 1 aliphatic heterocycles. The maximum absolute atomic E-state index is 12.1. The van der Waals surface area contributed by atoms with Gasteiger partial charge in [-0.3, -0.25) is 0 Å². The van der Waals surface area contributed by atoms with Gasteiger partial charge in [-0.25, -0.2) is 0 Å². The molecule has 1 N–H and O–H groups in total. The standard InChI is InChI=1S/C9H18N4O2S/c1-9(7-10)8-12(2)16(14,15)13-5-3-11-4-6-13/h9,11H,3-6,8H2,1-2H3. The largest absolute Gasteiger partial charge is 0.314 e. The summed E-state index contributed by atoms with van der Waals surface area (Å²) in [5.41, 5.74) is 0. The second kappa shape index (κ2) is 5.59. The summed E-state index contributed by atoms with van der Waals surface area (Å²) in [6.07, 6.45) is 0. The van der Waals surface area contributed by atoms with E-state index in [4.69, 9.17) is 5.26 Å². The minimum atomic E-state index is -3.39. The molecule has 0 saturated carbocycles. The molecule has 0 aromatic rings. The van der Waals surface area contributed by atoms with E-state index >= 15 is 0 Å². The van der Waals surface area contributed by atoms with Crippen LogP contribution < -0.4 is 5.32 Å². The molecule has 0 bridgehead atoms. The molecular weight excluding hydrogens is 228 g/mol. The van der Waals surface area contributed by atoms with Crippen LogP contribution >= 0.6 is 0 Å². The third-order valence-electron chi connectivity index (χ3n) is 2.55. The van der Waals surface area contributed by atoms with E-state index < -0.39 is 10.2 Å². The Kier molecular flexibility index (Phi) is 4.68. The normalized spacial score (nSPS) is 20.6. The monoisotopic (exact) mass is 246 g/mol. The van der Waals surface area contributed by atoms with E-state index in [1.165, 1.54) is 15.7 Å². The number of hydrogen-bond acceptors (Lipinski definition) is 4. The summed E-state index contributed by atoms with van der Waals surface area (Å²) in [6, 6.07) is 2.03. The summed E-state index contributed by atoms with van der Waals surface area (Å²) in [5.74, 6) is -0.289. The molecule has 92 valence electrons. The topological polar surface area (TPSA) is 76.4 Å². The number of rotatable bonds is 4. The van der Waals surface area contributed by atoms with Crippen molar-refractivity contribution in [3.8, 4) is 6.07 Å². The molecule has 1 heterocycles. The zero-order valence-corrected chi connectivity index (χ0v) is 10.5. The summed E-state index contributed by atoms with van der Waals surface area (Å²) in [5, 5.41) is 11.8. The van der Waals surface area contributed by atoms with E-state index in [0.29, 0.717) is 26.2 Å². The first-order valence-corrected chi connectivity index (χ1v) is 6.70. The molecule has 0 aliphatic carbocycles. The van der Waals surface area contributed by atoms with Gasteiger partial charge >= 0.3 is 0 Å². The van der Waals surface area contributed by atoms with Crippen molar-refractivity contribution in [3.05, 3.63) is 0 Å². The van der Waals surface area contributed by atoms with Gasteiger partial charge in [0.25, 0.3) is 10.2 Å². The average Bonchev–Trinajstić information content (AvgIpc) is 2.29. The van der Waals surface area contributed by atoms with E-state index in [1.807, 2.05) is 6.07 Å². The first kappa shape index (κ1) is 13.4. The highest BCUT2D eigenvalue weighted by Crippen LogP contribution is 2.09. The summed E-state index contributed by atoms with van der Waals surface area (Å²) in [7, 11) is -1.87. The lowest BCUT2D eigenvalue weighted by Gasteiger charge is -2.30. The van der Waals surface area contributed by atoms with E-state index in [9.17, 15) is 8.42 Å². The molecule has 1 unspecified atom stereocenters. The van der Waals surface area contributed by atoms with Crippen molar-refractivity contribution in [1.29, 1.82) is 5.26 Å². The van der Waals surface area contributed by atoms with Crippen LogP contribution in [0, 0.1) is 17.2 Å². The summed E-state index contributed by atoms with van der Waals surface area (Å²) >= 11 is 0. The van der Waals surface area contributed by atoms with Crippen molar-refractivity contribution in [2.24, 2.45) is 5.92 Å². The zero-order chi connectivity index (χ0) is 12.2. The lowest BCUT2D eigenvalue weighted by atomic mass is 10.2. The summed E-state index contributed by atoms with van der Waals surface area (Å²) in [4.78, 5) is 0. The molecule has 0 radical (unpaired) electrons. The second-order valence-electron chi connectivity index (χ2n) is 3.97. The van der Waals surface area contributed by atoms with Gasteiger partial charge in [0.1, 0.15) is 0 Å². The lowest BCUT2D eigenvalue weighted by Crippen LogP contribution is -2.51. The van der Waals surface area contributed by atoms with Crippen molar-refractivity contribution in [1.82, 2.24) is 13.9 Å². The molecular formula is C9H18N4O2S. The SMILES string of the molecule is CC(C#N)CN(C)S(=O)(=O)N1CCNCC1. The Balaban J connectivity index is 2.65. The molecule has 6 nitrogen and oxygen atoms in total. The first-order valence-electron chi connectivity index (χ1n) is 5.30. The van der Waals surface area contributed by atoms with E-state index in [1.54, 1.807) is 6.92 Å². The Bertz CT molecular complexity index is 356. The molecule has 1 aliphatic rings. The Hall–Kier alpha value is -0.680. The Morgan fingerprint density at radius 1 is 1.50 bits per heavy atom. The summed E-state index contributed by atoms with van der Waals surface area (Å²) in [6.45, 7) is 4.30. The molecule has 16 heavy (non-hydrogen) atoms. The van der Waals surface area contributed by atoms with Gasteiger partial charge in [-0.1, -0.05) is 0 Å².